The maximum Gasteiger partial charge on any atom is 0.397 e. The SMILES string of the molecule is NCC(c1cnn(-c2ccccc2)c1)C(F)(F)F. The van der Waals surface area contributed by atoms with E-state index in [-0.39, 0.29) is 5.56 Å². The molecule has 0 saturated heterocycles. The molecule has 0 fully saturated rings. The Kier molecular flexibility index (Phi) is 3.38. The first kappa shape index (κ1) is 12.6. The molecule has 0 radical (unpaired) electrons. The van der Waals surface area contributed by atoms with Crippen molar-refractivity contribution in [3.05, 3.63) is 48.3 Å². The molecule has 3 nitrogen and oxygen atoms in total. The van der Waals surface area contributed by atoms with E-state index >= 15 is 0 Å². The summed E-state index contributed by atoms with van der Waals surface area (Å²) in [5.41, 5.74) is 5.97. The van der Waals surface area contributed by atoms with Crippen LogP contribution in [0.5, 0.6) is 0 Å². The summed E-state index contributed by atoms with van der Waals surface area (Å²) in [6.45, 7) is -0.482. The van der Waals surface area contributed by atoms with Gasteiger partial charge in [-0.05, 0) is 12.1 Å². The molecule has 0 amide bonds. The van der Waals surface area contributed by atoms with Crippen LogP contribution in [0.25, 0.3) is 5.69 Å². The summed E-state index contributed by atoms with van der Waals surface area (Å²) in [7, 11) is 0. The van der Waals surface area contributed by atoms with Crippen LogP contribution in [-0.4, -0.2) is 22.5 Å². The third-order valence-corrected chi connectivity index (χ3v) is 2.66. The van der Waals surface area contributed by atoms with Gasteiger partial charge in [0.2, 0.25) is 0 Å². The van der Waals surface area contributed by atoms with Crippen LogP contribution in [0.4, 0.5) is 13.2 Å². The second-order valence-electron chi connectivity index (χ2n) is 3.88. The van der Waals surface area contributed by atoms with Crippen molar-refractivity contribution in [1.82, 2.24) is 9.78 Å². The zero-order chi connectivity index (χ0) is 13.2. The zero-order valence-corrected chi connectivity index (χ0v) is 9.43. The van der Waals surface area contributed by atoms with Gasteiger partial charge >= 0.3 is 6.18 Å². The predicted octanol–water partition coefficient (Wildman–Crippen LogP) is 2.48. The molecular formula is C12H12F3N3. The van der Waals surface area contributed by atoms with Crippen LogP contribution >= 0.6 is 0 Å². The number of aromatic nitrogens is 2. The lowest BCUT2D eigenvalue weighted by Crippen LogP contribution is -2.27. The molecule has 96 valence electrons. The number of nitrogens with two attached hydrogens (primary N) is 1. The van der Waals surface area contributed by atoms with E-state index in [0.29, 0.717) is 5.69 Å². The first-order valence-electron chi connectivity index (χ1n) is 5.39. The number of hydrogen-bond donors (Lipinski definition) is 1. The van der Waals surface area contributed by atoms with Gasteiger partial charge in [0.05, 0.1) is 17.8 Å². The maximum atomic E-state index is 12.7. The average Bonchev–Trinajstić information content (AvgIpc) is 2.78. The van der Waals surface area contributed by atoms with Crippen LogP contribution in [-0.2, 0) is 0 Å². The van der Waals surface area contributed by atoms with Gasteiger partial charge < -0.3 is 5.73 Å². The molecule has 0 aliphatic carbocycles. The average molecular weight is 255 g/mol. The molecular weight excluding hydrogens is 243 g/mol. The fourth-order valence-corrected chi connectivity index (χ4v) is 1.70. The molecule has 1 aromatic heterocycles. The minimum absolute atomic E-state index is 0.0776. The van der Waals surface area contributed by atoms with Crippen molar-refractivity contribution < 1.29 is 13.2 Å². The third-order valence-electron chi connectivity index (χ3n) is 2.66. The molecule has 1 heterocycles. The number of para-hydroxylation sites is 1. The van der Waals surface area contributed by atoms with Gasteiger partial charge in [0.1, 0.15) is 0 Å². The van der Waals surface area contributed by atoms with Crippen LogP contribution in [0.3, 0.4) is 0 Å². The van der Waals surface area contributed by atoms with Crippen LogP contribution < -0.4 is 5.73 Å². The molecule has 6 heteroatoms. The molecule has 0 saturated carbocycles. The van der Waals surface area contributed by atoms with E-state index in [1.807, 2.05) is 6.07 Å². The Morgan fingerprint density at radius 2 is 1.89 bits per heavy atom. The van der Waals surface area contributed by atoms with Crippen molar-refractivity contribution in [3.63, 3.8) is 0 Å². The van der Waals surface area contributed by atoms with Crippen LogP contribution in [0.15, 0.2) is 42.7 Å². The van der Waals surface area contributed by atoms with E-state index < -0.39 is 18.6 Å². The second-order valence-corrected chi connectivity index (χ2v) is 3.88. The molecule has 1 atom stereocenters. The number of hydrogen-bond acceptors (Lipinski definition) is 2. The zero-order valence-electron chi connectivity index (χ0n) is 9.43. The van der Waals surface area contributed by atoms with E-state index in [1.165, 1.54) is 17.1 Å². The fourth-order valence-electron chi connectivity index (χ4n) is 1.70. The largest absolute Gasteiger partial charge is 0.397 e. The van der Waals surface area contributed by atoms with Crippen molar-refractivity contribution >= 4 is 0 Å². The summed E-state index contributed by atoms with van der Waals surface area (Å²) in [4.78, 5) is 0. The Hall–Kier alpha value is -1.82. The number of rotatable bonds is 3. The van der Waals surface area contributed by atoms with Gasteiger partial charge in [0.25, 0.3) is 0 Å². The molecule has 2 rings (SSSR count). The Bertz CT molecular complexity index is 505. The topological polar surface area (TPSA) is 43.8 Å². The summed E-state index contributed by atoms with van der Waals surface area (Å²) in [5.74, 6) is -1.67. The van der Waals surface area contributed by atoms with Crippen LogP contribution in [0.2, 0.25) is 0 Å². The monoisotopic (exact) mass is 255 g/mol. The molecule has 0 aliphatic heterocycles. The quantitative estimate of drug-likeness (QED) is 0.915. The van der Waals surface area contributed by atoms with E-state index in [2.05, 4.69) is 5.10 Å². The molecule has 1 aromatic carbocycles. The van der Waals surface area contributed by atoms with Crippen molar-refractivity contribution in [3.8, 4) is 5.69 Å². The lowest BCUT2D eigenvalue weighted by atomic mass is 10.0. The summed E-state index contributed by atoms with van der Waals surface area (Å²) < 4.78 is 39.5. The lowest BCUT2D eigenvalue weighted by Gasteiger charge is -2.16. The van der Waals surface area contributed by atoms with E-state index in [9.17, 15) is 13.2 Å². The first-order chi connectivity index (χ1) is 8.52. The minimum atomic E-state index is -4.35. The fraction of sp³-hybridized carbons (Fsp3) is 0.250. The molecule has 18 heavy (non-hydrogen) atoms. The molecule has 2 aromatic rings. The number of alkyl halides is 3. The molecule has 0 aliphatic rings. The number of benzene rings is 1. The molecule has 1 unspecified atom stereocenters. The highest BCUT2D eigenvalue weighted by atomic mass is 19.4. The van der Waals surface area contributed by atoms with Crippen molar-refractivity contribution in [2.75, 3.05) is 6.54 Å². The minimum Gasteiger partial charge on any atom is -0.330 e. The summed E-state index contributed by atoms with van der Waals surface area (Å²) in [6.07, 6.45) is -1.78. The van der Waals surface area contributed by atoms with Crippen LogP contribution in [0.1, 0.15) is 11.5 Å². The Balaban J connectivity index is 2.31. The highest BCUT2D eigenvalue weighted by Gasteiger charge is 2.40. The van der Waals surface area contributed by atoms with Gasteiger partial charge in [0, 0.05) is 18.3 Å². The van der Waals surface area contributed by atoms with Gasteiger partial charge in [-0.3, -0.25) is 0 Å². The standard InChI is InChI=1S/C12H12F3N3/c13-12(14,15)11(6-16)9-7-17-18(8-9)10-4-2-1-3-5-10/h1-5,7-8,11H,6,16H2. The summed E-state index contributed by atoms with van der Waals surface area (Å²) >= 11 is 0. The Morgan fingerprint density at radius 3 is 2.44 bits per heavy atom. The molecule has 2 N–H and O–H groups in total. The first-order valence-corrected chi connectivity index (χ1v) is 5.39. The predicted molar refractivity (Wildman–Crippen MR) is 61.4 cm³/mol. The van der Waals surface area contributed by atoms with Crippen molar-refractivity contribution in [1.29, 1.82) is 0 Å². The maximum absolute atomic E-state index is 12.7. The van der Waals surface area contributed by atoms with E-state index in [0.717, 1.165) is 0 Å². The van der Waals surface area contributed by atoms with E-state index in [4.69, 9.17) is 5.73 Å². The second kappa shape index (κ2) is 4.81. The molecule has 0 bridgehead atoms. The van der Waals surface area contributed by atoms with Gasteiger partial charge in [-0.15, -0.1) is 0 Å². The highest BCUT2D eigenvalue weighted by molar-refractivity contribution is 5.31. The van der Waals surface area contributed by atoms with Crippen molar-refractivity contribution in [2.24, 2.45) is 5.73 Å². The van der Waals surface area contributed by atoms with E-state index in [1.54, 1.807) is 24.3 Å². The summed E-state index contributed by atoms with van der Waals surface area (Å²) in [6, 6.07) is 8.94. The lowest BCUT2D eigenvalue weighted by molar-refractivity contribution is -0.148. The Labute approximate surface area is 102 Å². The van der Waals surface area contributed by atoms with Gasteiger partial charge in [-0.25, -0.2) is 4.68 Å². The van der Waals surface area contributed by atoms with Crippen molar-refractivity contribution in [2.45, 2.75) is 12.1 Å². The van der Waals surface area contributed by atoms with Gasteiger partial charge in [-0.1, -0.05) is 18.2 Å². The van der Waals surface area contributed by atoms with Crippen LogP contribution in [0, 0.1) is 0 Å². The normalized spacial score (nSPS) is 13.6. The third kappa shape index (κ3) is 2.53. The Morgan fingerprint density at radius 1 is 1.22 bits per heavy atom. The number of nitrogens with zero attached hydrogens (tertiary/aromatic N) is 2. The van der Waals surface area contributed by atoms with Gasteiger partial charge in [0.15, 0.2) is 0 Å². The summed E-state index contributed by atoms with van der Waals surface area (Å²) in [5, 5.41) is 3.93. The highest BCUT2D eigenvalue weighted by Crippen LogP contribution is 2.33. The smallest absolute Gasteiger partial charge is 0.330 e. The van der Waals surface area contributed by atoms with Gasteiger partial charge in [-0.2, -0.15) is 18.3 Å². The number of halogens is 3. The molecule has 0 spiro atoms.